The van der Waals surface area contributed by atoms with Crippen LogP contribution in [0.25, 0.3) is 0 Å². The maximum absolute atomic E-state index is 13.4. The SMILES string of the molecule is COc1ccc(CCC(=O)NCCOCC(=O)O)cc1F. The van der Waals surface area contributed by atoms with Gasteiger partial charge in [0.2, 0.25) is 5.91 Å². The minimum absolute atomic E-state index is 0.134. The zero-order valence-electron chi connectivity index (χ0n) is 11.7. The Balaban J connectivity index is 2.23. The molecule has 1 amide bonds. The lowest BCUT2D eigenvalue weighted by Crippen LogP contribution is -2.28. The first kappa shape index (κ1) is 16.9. The minimum Gasteiger partial charge on any atom is -0.494 e. The van der Waals surface area contributed by atoms with Gasteiger partial charge in [-0.15, -0.1) is 0 Å². The van der Waals surface area contributed by atoms with Crippen molar-refractivity contribution >= 4 is 11.9 Å². The van der Waals surface area contributed by atoms with Crippen molar-refractivity contribution in [2.75, 3.05) is 26.9 Å². The zero-order valence-corrected chi connectivity index (χ0v) is 11.7. The van der Waals surface area contributed by atoms with Crippen LogP contribution in [0.3, 0.4) is 0 Å². The predicted octanol–water partition coefficient (Wildman–Crippen LogP) is 0.984. The summed E-state index contributed by atoms with van der Waals surface area (Å²) in [5.74, 6) is -1.55. The third-order valence-corrected chi connectivity index (χ3v) is 2.65. The number of methoxy groups -OCH3 is 1. The molecule has 7 heteroatoms. The third kappa shape index (κ3) is 6.71. The summed E-state index contributed by atoms with van der Waals surface area (Å²) in [6.45, 7) is -0.0146. The second kappa shape index (κ2) is 8.91. The summed E-state index contributed by atoms with van der Waals surface area (Å²) >= 11 is 0. The van der Waals surface area contributed by atoms with Gasteiger partial charge in [0.15, 0.2) is 11.6 Å². The van der Waals surface area contributed by atoms with E-state index < -0.39 is 11.8 Å². The molecule has 1 aromatic rings. The quantitative estimate of drug-likeness (QED) is 0.664. The Morgan fingerprint density at radius 2 is 2.14 bits per heavy atom. The lowest BCUT2D eigenvalue weighted by Gasteiger charge is -2.07. The Morgan fingerprint density at radius 3 is 2.76 bits per heavy atom. The van der Waals surface area contributed by atoms with Crippen LogP contribution in [-0.2, 0) is 20.7 Å². The summed E-state index contributed by atoms with van der Waals surface area (Å²) in [5, 5.41) is 10.9. The number of benzene rings is 1. The highest BCUT2D eigenvalue weighted by Crippen LogP contribution is 2.18. The molecule has 0 aliphatic heterocycles. The first-order valence-electron chi connectivity index (χ1n) is 6.41. The number of amides is 1. The van der Waals surface area contributed by atoms with Gasteiger partial charge in [-0.1, -0.05) is 6.07 Å². The average molecular weight is 299 g/mol. The van der Waals surface area contributed by atoms with Crippen LogP contribution in [0, 0.1) is 5.82 Å². The van der Waals surface area contributed by atoms with Crippen LogP contribution in [0.4, 0.5) is 4.39 Å². The molecular formula is C14H18FNO5. The van der Waals surface area contributed by atoms with Crippen LogP contribution in [0.2, 0.25) is 0 Å². The molecule has 0 bridgehead atoms. The van der Waals surface area contributed by atoms with E-state index in [1.54, 1.807) is 6.07 Å². The number of aryl methyl sites for hydroxylation is 1. The number of rotatable bonds is 9. The lowest BCUT2D eigenvalue weighted by molar-refractivity contribution is -0.142. The van der Waals surface area contributed by atoms with E-state index in [0.29, 0.717) is 12.0 Å². The fourth-order valence-electron chi connectivity index (χ4n) is 1.63. The van der Waals surface area contributed by atoms with Crippen LogP contribution in [0.5, 0.6) is 5.75 Å². The normalized spacial score (nSPS) is 10.2. The van der Waals surface area contributed by atoms with E-state index in [1.807, 2.05) is 0 Å². The Bertz CT molecular complexity index is 492. The second-order valence-corrected chi connectivity index (χ2v) is 4.27. The number of carboxylic acid groups (broad SMARTS) is 1. The largest absolute Gasteiger partial charge is 0.494 e. The molecule has 116 valence electrons. The Morgan fingerprint density at radius 1 is 1.38 bits per heavy atom. The highest BCUT2D eigenvalue weighted by Gasteiger charge is 2.06. The maximum atomic E-state index is 13.4. The number of carbonyl (C=O) groups is 2. The molecule has 1 aromatic carbocycles. The number of halogens is 1. The highest BCUT2D eigenvalue weighted by atomic mass is 19.1. The van der Waals surface area contributed by atoms with Gasteiger partial charge in [0.1, 0.15) is 6.61 Å². The number of aliphatic carboxylic acids is 1. The van der Waals surface area contributed by atoms with Crippen LogP contribution in [-0.4, -0.2) is 43.9 Å². The summed E-state index contributed by atoms with van der Waals surface area (Å²) in [7, 11) is 1.39. The van der Waals surface area contributed by atoms with Crippen LogP contribution >= 0.6 is 0 Å². The van der Waals surface area contributed by atoms with Gasteiger partial charge in [-0.3, -0.25) is 4.79 Å². The van der Waals surface area contributed by atoms with Gasteiger partial charge >= 0.3 is 5.97 Å². The fraction of sp³-hybridized carbons (Fsp3) is 0.429. The van der Waals surface area contributed by atoms with E-state index in [1.165, 1.54) is 19.2 Å². The smallest absolute Gasteiger partial charge is 0.329 e. The molecular weight excluding hydrogens is 281 g/mol. The van der Waals surface area contributed by atoms with Gasteiger partial charge in [-0.2, -0.15) is 0 Å². The highest BCUT2D eigenvalue weighted by molar-refractivity contribution is 5.76. The zero-order chi connectivity index (χ0) is 15.7. The standard InChI is InChI=1S/C14H18FNO5/c1-20-12-4-2-10(8-11(12)15)3-5-13(17)16-6-7-21-9-14(18)19/h2,4,8H,3,5-7,9H2,1H3,(H,16,17)(H,18,19). The molecule has 0 saturated carbocycles. The monoisotopic (exact) mass is 299 g/mol. The molecule has 0 saturated heterocycles. The first-order valence-corrected chi connectivity index (χ1v) is 6.41. The molecule has 0 fully saturated rings. The van der Waals surface area contributed by atoms with Gasteiger partial charge in [0.05, 0.1) is 13.7 Å². The first-order chi connectivity index (χ1) is 10.0. The second-order valence-electron chi connectivity index (χ2n) is 4.27. The molecule has 0 aromatic heterocycles. The molecule has 0 heterocycles. The summed E-state index contributed by atoms with van der Waals surface area (Å²) in [6.07, 6.45) is 0.618. The third-order valence-electron chi connectivity index (χ3n) is 2.65. The molecule has 1 rings (SSSR count). The minimum atomic E-state index is -1.05. The van der Waals surface area contributed by atoms with Crippen LogP contribution < -0.4 is 10.1 Å². The molecule has 2 N–H and O–H groups in total. The number of carboxylic acids is 1. The molecule has 0 aliphatic rings. The van der Waals surface area contributed by atoms with Crippen molar-refractivity contribution in [2.45, 2.75) is 12.8 Å². The van der Waals surface area contributed by atoms with Gasteiger partial charge in [-0.05, 0) is 24.1 Å². The number of ether oxygens (including phenoxy) is 2. The molecule has 0 radical (unpaired) electrons. The van der Waals surface area contributed by atoms with Crippen LogP contribution in [0.1, 0.15) is 12.0 Å². The number of hydrogen-bond donors (Lipinski definition) is 2. The Hall–Kier alpha value is -2.15. The van der Waals surface area contributed by atoms with Gasteiger partial charge < -0.3 is 19.9 Å². The van der Waals surface area contributed by atoms with Gasteiger partial charge in [0, 0.05) is 13.0 Å². The Labute approximate surface area is 121 Å². The van der Waals surface area contributed by atoms with Crippen molar-refractivity contribution in [3.8, 4) is 5.75 Å². The molecule has 0 atom stereocenters. The summed E-state index contributed by atoms with van der Waals surface area (Å²) in [4.78, 5) is 21.7. The molecule has 0 unspecified atom stereocenters. The number of hydrogen-bond acceptors (Lipinski definition) is 4. The fourth-order valence-corrected chi connectivity index (χ4v) is 1.63. The van der Waals surface area contributed by atoms with Crippen molar-refractivity contribution in [1.82, 2.24) is 5.32 Å². The van der Waals surface area contributed by atoms with E-state index >= 15 is 0 Å². The van der Waals surface area contributed by atoms with Crippen LogP contribution in [0.15, 0.2) is 18.2 Å². The summed E-state index contributed by atoms with van der Waals surface area (Å²) < 4.78 is 23.0. The number of carbonyl (C=O) groups excluding carboxylic acids is 1. The van der Waals surface area contributed by atoms with Crippen molar-refractivity contribution in [1.29, 1.82) is 0 Å². The van der Waals surface area contributed by atoms with E-state index in [-0.39, 0.29) is 37.8 Å². The van der Waals surface area contributed by atoms with Crippen molar-refractivity contribution < 1.29 is 28.6 Å². The van der Waals surface area contributed by atoms with Crippen molar-refractivity contribution in [3.05, 3.63) is 29.6 Å². The molecule has 21 heavy (non-hydrogen) atoms. The van der Waals surface area contributed by atoms with Gasteiger partial charge in [-0.25, -0.2) is 9.18 Å². The van der Waals surface area contributed by atoms with E-state index in [2.05, 4.69) is 5.32 Å². The molecule has 0 spiro atoms. The number of nitrogens with one attached hydrogen (secondary N) is 1. The van der Waals surface area contributed by atoms with Crippen molar-refractivity contribution in [2.24, 2.45) is 0 Å². The van der Waals surface area contributed by atoms with E-state index in [4.69, 9.17) is 14.6 Å². The summed E-state index contributed by atoms with van der Waals surface area (Å²) in [5.41, 5.74) is 0.700. The van der Waals surface area contributed by atoms with Gasteiger partial charge in [0.25, 0.3) is 0 Å². The average Bonchev–Trinajstić information content (AvgIpc) is 2.44. The van der Waals surface area contributed by atoms with Crippen molar-refractivity contribution in [3.63, 3.8) is 0 Å². The van der Waals surface area contributed by atoms with E-state index in [9.17, 15) is 14.0 Å². The Kier molecular flexibility index (Phi) is 7.17. The topological polar surface area (TPSA) is 84.9 Å². The summed E-state index contributed by atoms with van der Waals surface area (Å²) in [6, 6.07) is 4.55. The molecule has 6 nitrogen and oxygen atoms in total. The van der Waals surface area contributed by atoms with E-state index in [0.717, 1.165) is 0 Å². The lowest BCUT2D eigenvalue weighted by atomic mass is 10.1. The molecule has 0 aliphatic carbocycles. The maximum Gasteiger partial charge on any atom is 0.329 e. The predicted molar refractivity (Wildman–Crippen MR) is 72.7 cm³/mol.